The molecule has 1 atom stereocenters. The van der Waals surface area contributed by atoms with Gasteiger partial charge in [-0.3, -0.25) is 14.5 Å². The fourth-order valence-corrected chi connectivity index (χ4v) is 3.99. The van der Waals surface area contributed by atoms with E-state index in [1.54, 1.807) is 12.3 Å². The number of Topliss-reactive ketones (excluding diaryl/α,β-unsaturated/α-hetero) is 1. The lowest BCUT2D eigenvalue weighted by Crippen LogP contribution is -2.53. The molecule has 1 N–H and O–H groups in total. The van der Waals surface area contributed by atoms with Gasteiger partial charge in [-0.05, 0) is 32.9 Å². The van der Waals surface area contributed by atoms with Crippen molar-refractivity contribution in [1.82, 2.24) is 14.8 Å². The number of aryl methyl sites for hydroxylation is 2. The van der Waals surface area contributed by atoms with E-state index in [2.05, 4.69) is 9.88 Å². The van der Waals surface area contributed by atoms with Crippen LogP contribution in [-0.2, 0) is 0 Å². The van der Waals surface area contributed by atoms with Gasteiger partial charge in [0.15, 0.2) is 5.78 Å². The van der Waals surface area contributed by atoms with Crippen LogP contribution in [-0.4, -0.2) is 58.7 Å². The first-order chi connectivity index (χ1) is 13.5. The highest BCUT2D eigenvalue weighted by atomic mass is 16.3. The van der Waals surface area contributed by atoms with E-state index in [0.717, 1.165) is 22.2 Å². The molecule has 4 rings (SSSR count). The SMILES string of the molecule is Cc1cc(C(=O)N2CCN(C(C)C(=O)c3c[nH]c4ccccc34)CC2)c(C)o1. The molecule has 1 amide bonds. The van der Waals surface area contributed by atoms with Crippen LogP contribution in [0, 0.1) is 13.8 Å². The van der Waals surface area contributed by atoms with Crippen molar-refractivity contribution in [2.24, 2.45) is 0 Å². The molecule has 3 aromatic rings. The summed E-state index contributed by atoms with van der Waals surface area (Å²) in [7, 11) is 0. The van der Waals surface area contributed by atoms with E-state index < -0.39 is 0 Å². The van der Waals surface area contributed by atoms with Crippen LogP contribution in [0.5, 0.6) is 0 Å². The van der Waals surface area contributed by atoms with Crippen LogP contribution in [0.1, 0.15) is 39.2 Å². The van der Waals surface area contributed by atoms with E-state index in [0.29, 0.717) is 37.5 Å². The van der Waals surface area contributed by atoms with Crippen molar-refractivity contribution < 1.29 is 14.0 Å². The van der Waals surface area contributed by atoms with E-state index >= 15 is 0 Å². The van der Waals surface area contributed by atoms with E-state index in [4.69, 9.17) is 4.42 Å². The van der Waals surface area contributed by atoms with Crippen molar-refractivity contribution in [3.05, 3.63) is 59.2 Å². The molecule has 3 heterocycles. The van der Waals surface area contributed by atoms with Gasteiger partial charge in [0.2, 0.25) is 0 Å². The highest BCUT2D eigenvalue weighted by molar-refractivity contribution is 6.10. The van der Waals surface area contributed by atoms with Gasteiger partial charge >= 0.3 is 0 Å². The zero-order valence-electron chi connectivity index (χ0n) is 16.5. The van der Waals surface area contributed by atoms with Crippen molar-refractivity contribution in [2.75, 3.05) is 26.2 Å². The number of benzene rings is 1. The molecule has 6 nitrogen and oxygen atoms in total. The summed E-state index contributed by atoms with van der Waals surface area (Å²) in [4.78, 5) is 33.0. The topological polar surface area (TPSA) is 69.6 Å². The molecule has 1 saturated heterocycles. The number of aromatic nitrogens is 1. The number of ketones is 1. The van der Waals surface area contributed by atoms with Crippen LogP contribution in [0.25, 0.3) is 10.9 Å². The number of amides is 1. The Morgan fingerprint density at radius 2 is 1.79 bits per heavy atom. The Bertz CT molecular complexity index is 1020. The molecule has 1 aliphatic heterocycles. The number of aromatic amines is 1. The third-order valence-electron chi connectivity index (χ3n) is 5.65. The lowest BCUT2D eigenvalue weighted by molar-refractivity contribution is 0.0551. The second-order valence-corrected chi connectivity index (χ2v) is 7.44. The molecular weight excluding hydrogens is 354 g/mol. The summed E-state index contributed by atoms with van der Waals surface area (Å²) in [5.41, 5.74) is 2.33. The Hall–Kier alpha value is -2.86. The lowest BCUT2D eigenvalue weighted by atomic mass is 10.0. The first-order valence-corrected chi connectivity index (χ1v) is 9.66. The lowest BCUT2D eigenvalue weighted by Gasteiger charge is -2.37. The molecule has 6 heteroatoms. The average Bonchev–Trinajstić information content (AvgIpc) is 3.29. The molecule has 28 heavy (non-hydrogen) atoms. The normalized spacial score (nSPS) is 16.5. The van der Waals surface area contributed by atoms with E-state index in [1.807, 2.05) is 49.9 Å². The minimum absolute atomic E-state index is 0.00427. The maximum absolute atomic E-state index is 13.0. The van der Waals surface area contributed by atoms with Gasteiger partial charge in [-0.1, -0.05) is 18.2 Å². The zero-order valence-corrected chi connectivity index (χ0v) is 16.5. The summed E-state index contributed by atoms with van der Waals surface area (Å²) in [6.07, 6.45) is 1.80. The molecule has 2 aromatic heterocycles. The van der Waals surface area contributed by atoms with Crippen LogP contribution in [0.15, 0.2) is 40.9 Å². The van der Waals surface area contributed by atoms with Crippen LogP contribution in [0.3, 0.4) is 0 Å². The summed E-state index contributed by atoms with van der Waals surface area (Å²) in [5.74, 6) is 1.52. The van der Waals surface area contributed by atoms with Crippen LogP contribution in [0.2, 0.25) is 0 Å². The number of nitrogens with one attached hydrogen (secondary N) is 1. The van der Waals surface area contributed by atoms with Crippen molar-refractivity contribution in [3.8, 4) is 0 Å². The second-order valence-electron chi connectivity index (χ2n) is 7.44. The number of furan rings is 1. The van der Waals surface area contributed by atoms with Crippen molar-refractivity contribution in [1.29, 1.82) is 0 Å². The highest BCUT2D eigenvalue weighted by Gasteiger charge is 2.30. The minimum atomic E-state index is -0.227. The van der Waals surface area contributed by atoms with E-state index in [9.17, 15) is 9.59 Å². The zero-order chi connectivity index (χ0) is 19.8. The largest absolute Gasteiger partial charge is 0.466 e. The smallest absolute Gasteiger partial charge is 0.257 e. The molecular formula is C22H25N3O3. The van der Waals surface area contributed by atoms with Crippen LogP contribution in [0.4, 0.5) is 0 Å². The molecule has 1 unspecified atom stereocenters. The Morgan fingerprint density at radius 3 is 2.46 bits per heavy atom. The van der Waals surface area contributed by atoms with Gasteiger partial charge in [0.05, 0.1) is 11.6 Å². The van der Waals surface area contributed by atoms with Crippen LogP contribution < -0.4 is 0 Å². The molecule has 146 valence electrons. The summed E-state index contributed by atoms with van der Waals surface area (Å²) in [5, 5.41) is 0.957. The summed E-state index contributed by atoms with van der Waals surface area (Å²) in [6, 6.07) is 9.41. The highest BCUT2D eigenvalue weighted by Crippen LogP contribution is 2.22. The van der Waals surface area contributed by atoms with Crippen molar-refractivity contribution in [3.63, 3.8) is 0 Å². The molecule has 1 aromatic carbocycles. The summed E-state index contributed by atoms with van der Waals surface area (Å²) < 4.78 is 5.49. The maximum atomic E-state index is 13.0. The number of H-pyrrole nitrogens is 1. The minimum Gasteiger partial charge on any atom is -0.466 e. The Labute approximate surface area is 164 Å². The first-order valence-electron chi connectivity index (χ1n) is 9.66. The Balaban J connectivity index is 1.42. The Morgan fingerprint density at radius 1 is 1.07 bits per heavy atom. The molecule has 1 aliphatic rings. The van der Waals surface area contributed by atoms with Gasteiger partial charge in [-0.25, -0.2) is 0 Å². The number of carbonyl (C=O) groups excluding carboxylic acids is 2. The molecule has 0 aliphatic carbocycles. The first kappa shape index (κ1) is 18.5. The number of para-hydroxylation sites is 1. The summed E-state index contributed by atoms with van der Waals surface area (Å²) >= 11 is 0. The average molecular weight is 379 g/mol. The molecule has 1 fully saturated rings. The number of fused-ring (bicyclic) bond motifs is 1. The van der Waals surface area contributed by atoms with Crippen LogP contribution >= 0.6 is 0 Å². The van der Waals surface area contributed by atoms with Gasteiger partial charge in [0.1, 0.15) is 11.5 Å². The van der Waals surface area contributed by atoms with E-state index in [1.165, 1.54) is 0 Å². The third kappa shape index (κ3) is 3.24. The molecule has 0 spiro atoms. The number of piperazine rings is 1. The van der Waals surface area contributed by atoms with Gasteiger partial charge in [-0.2, -0.15) is 0 Å². The Kier molecular flexibility index (Phi) is 4.81. The molecule has 0 radical (unpaired) electrons. The number of rotatable bonds is 4. The van der Waals surface area contributed by atoms with Crippen molar-refractivity contribution >= 4 is 22.6 Å². The second kappa shape index (κ2) is 7.28. The fourth-order valence-electron chi connectivity index (χ4n) is 3.99. The van der Waals surface area contributed by atoms with Crippen molar-refractivity contribution in [2.45, 2.75) is 26.8 Å². The fraction of sp³-hybridized carbons (Fsp3) is 0.364. The number of hydrogen-bond donors (Lipinski definition) is 1. The van der Waals surface area contributed by atoms with Gasteiger partial charge in [0.25, 0.3) is 5.91 Å². The third-order valence-corrected chi connectivity index (χ3v) is 5.65. The standard InChI is InChI=1S/C22H25N3O3/c1-14-12-18(16(3)28-14)22(27)25-10-8-24(9-11-25)15(2)21(26)19-13-23-20-7-5-4-6-17(19)20/h4-7,12-13,15,23H,8-11H2,1-3H3. The maximum Gasteiger partial charge on any atom is 0.257 e. The van der Waals surface area contributed by atoms with Gasteiger partial charge in [0, 0.05) is 48.8 Å². The monoisotopic (exact) mass is 379 g/mol. The quantitative estimate of drug-likeness (QED) is 0.706. The molecule has 0 bridgehead atoms. The molecule has 0 saturated carbocycles. The number of hydrogen-bond acceptors (Lipinski definition) is 4. The summed E-state index contributed by atoms with van der Waals surface area (Å²) in [6.45, 7) is 8.18. The van der Waals surface area contributed by atoms with E-state index in [-0.39, 0.29) is 17.7 Å². The predicted molar refractivity (Wildman–Crippen MR) is 108 cm³/mol. The predicted octanol–water partition coefficient (Wildman–Crippen LogP) is 3.41. The number of carbonyl (C=O) groups is 2. The number of nitrogens with zero attached hydrogens (tertiary/aromatic N) is 2. The van der Waals surface area contributed by atoms with Gasteiger partial charge < -0.3 is 14.3 Å². The van der Waals surface area contributed by atoms with Gasteiger partial charge in [-0.15, -0.1) is 0 Å².